The van der Waals surface area contributed by atoms with Crippen molar-refractivity contribution in [1.82, 2.24) is 4.98 Å². The third-order valence-electron chi connectivity index (χ3n) is 3.78. The normalized spacial score (nSPS) is 10.2. The molecule has 0 fully saturated rings. The second-order valence-corrected chi connectivity index (χ2v) is 5.48. The van der Waals surface area contributed by atoms with E-state index in [0.29, 0.717) is 5.75 Å². The lowest BCUT2D eigenvalue weighted by Crippen LogP contribution is -2.29. The molecule has 3 aromatic rings. The zero-order valence-electron chi connectivity index (χ0n) is 13.6. The minimum atomic E-state index is -0.418. The number of aromatic nitrogens is 1. The van der Waals surface area contributed by atoms with Crippen molar-refractivity contribution in [3.05, 3.63) is 78.6 Å². The third-order valence-corrected chi connectivity index (χ3v) is 3.78. The molecule has 2 aromatic carbocycles. The Morgan fingerprint density at radius 2 is 1.79 bits per heavy atom. The number of para-hydroxylation sites is 1. The van der Waals surface area contributed by atoms with Crippen molar-refractivity contribution in [2.45, 2.75) is 6.92 Å². The molecule has 0 aliphatic heterocycles. The molecule has 0 unspecified atom stereocenters. The van der Waals surface area contributed by atoms with E-state index in [1.807, 2.05) is 73.8 Å². The molecule has 4 heteroatoms. The molecular weight excluding hydrogens is 300 g/mol. The number of carbonyl (C=O) groups excluding carboxylic acids is 1. The van der Waals surface area contributed by atoms with Crippen LogP contribution in [0.2, 0.25) is 0 Å². The van der Waals surface area contributed by atoms with Crippen LogP contribution in [0, 0.1) is 6.92 Å². The molecule has 4 nitrogen and oxygen atoms in total. The maximum absolute atomic E-state index is 12.3. The molecule has 0 bridgehead atoms. The smallest absolute Gasteiger partial charge is 0.410 e. The molecule has 0 aliphatic rings. The van der Waals surface area contributed by atoms with Gasteiger partial charge in [-0.05, 0) is 48.4 Å². The van der Waals surface area contributed by atoms with Gasteiger partial charge < -0.3 is 4.74 Å². The molecule has 0 N–H and O–H groups in total. The number of amides is 1. The summed E-state index contributed by atoms with van der Waals surface area (Å²) in [5.41, 5.74) is 3.75. The number of carbonyl (C=O) groups is 1. The van der Waals surface area contributed by atoms with Crippen molar-refractivity contribution in [3.63, 3.8) is 0 Å². The van der Waals surface area contributed by atoms with Crippen LogP contribution in [0.5, 0.6) is 5.75 Å². The first-order chi connectivity index (χ1) is 11.6. The highest BCUT2D eigenvalue weighted by molar-refractivity contribution is 5.88. The van der Waals surface area contributed by atoms with Crippen LogP contribution in [0.25, 0.3) is 11.1 Å². The highest BCUT2D eigenvalue weighted by atomic mass is 16.6. The van der Waals surface area contributed by atoms with E-state index >= 15 is 0 Å². The number of rotatable bonds is 3. The number of hydrogen-bond donors (Lipinski definition) is 0. The predicted molar refractivity (Wildman–Crippen MR) is 95.3 cm³/mol. The fourth-order valence-electron chi connectivity index (χ4n) is 2.40. The summed E-state index contributed by atoms with van der Waals surface area (Å²) in [4.78, 5) is 17.9. The van der Waals surface area contributed by atoms with Crippen LogP contribution >= 0.6 is 0 Å². The van der Waals surface area contributed by atoms with Gasteiger partial charge in [0.2, 0.25) is 0 Å². The van der Waals surface area contributed by atoms with E-state index in [4.69, 9.17) is 4.74 Å². The fraction of sp³-hybridized carbons (Fsp3) is 0.100. The first-order valence-corrected chi connectivity index (χ1v) is 7.67. The zero-order chi connectivity index (χ0) is 16.9. The lowest BCUT2D eigenvalue weighted by molar-refractivity contribution is 0.208. The second kappa shape index (κ2) is 6.96. The van der Waals surface area contributed by atoms with Crippen LogP contribution in [0.15, 0.2) is 73.1 Å². The molecule has 0 radical (unpaired) electrons. The van der Waals surface area contributed by atoms with Gasteiger partial charge in [0.1, 0.15) is 5.75 Å². The van der Waals surface area contributed by atoms with Gasteiger partial charge in [-0.2, -0.15) is 0 Å². The van der Waals surface area contributed by atoms with Crippen LogP contribution in [0.1, 0.15) is 5.56 Å². The Bertz CT molecular complexity index is 833. The molecule has 1 aromatic heterocycles. The first-order valence-electron chi connectivity index (χ1n) is 7.67. The Hall–Kier alpha value is -3.14. The molecule has 0 saturated heterocycles. The quantitative estimate of drug-likeness (QED) is 0.703. The van der Waals surface area contributed by atoms with Crippen LogP contribution in [-0.2, 0) is 0 Å². The van der Waals surface area contributed by atoms with E-state index in [0.717, 1.165) is 22.4 Å². The van der Waals surface area contributed by atoms with Gasteiger partial charge in [-0.1, -0.05) is 30.3 Å². The van der Waals surface area contributed by atoms with E-state index in [1.165, 1.54) is 4.90 Å². The Balaban J connectivity index is 1.77. The number of anilines is 1. The molecule has 0 saturated carbocycles. The van der Waals surface area contributed by atoms with Crippen molar-refractivity contribution in [1.29, 1.82) is 0 Å². The Labute approximate surface area is 141 Å². The molecule has 120 valence electrons. The number of benzene rings is 2. The SMILES string of the molecule is Cc1cc(-c2cccnc2)ccc1OC(=O)N(C)c1ccccc1. The van der Waals surface area contributed by atoms with E-state index < -0.39 is 6.09 Å². The molecule has 1 heterocycles. The largest absolute Gasteiger partial charge is 0.419 e. The number of pyridine rings is 1. The van der Waals surface area contributed by atoms with Gasteiger partial charge in [-0.15, -0.1) is 0 Å². The number of aryl methyl sites for hydroxylation is 1. The summed E-state index contributed by atoms with van der Waals surface area (Å²) in [6.45, 7) is 1.92. The molecule has 24 heavy (non-hydrogen) atoms. The standard InChI is InChI=1S/C20H18N2O2/c1-15-13-16(17-7-6-12-21-14-17)10-11-19(15)24-20(23)22(2)18-8-4-3-5-9-18/h3-14H,1-2H3. The minimum Gasteiger partial charge on any atom is -0.410 e. The molecule has 3 rings (SSSR count). The summed E-state index contributed by atoms with van der Waals surface area (Å²) in [6.07, 6.45) is 3.13. The van der Waals surface area contributed by atoms with E-state index in [2.05, 4.69) is 4.98 Å². The molecule has 0 atom stereocenters. The summed E-state index contributed by atoms with van der Waals surface area (Å²) in [5, 5.41) is 0. The Morgan fingerprint density at radius 1 is 1.00 bits per heavy atom. The van der Waals surface area contributed by atoms with Crippen LogP contribution in [-0.4, -0.2) is 18.1 Å². The van der Waals surface area contributed by atoms with Gasteiger partial charge in [0, 0.05) is 30.7 Å². The summed E-state index contributed by atoms with van der Waals surface area (Å²) in [7, 11) is 1.69. The topological polar surface area (TPSA) is 42.4 Å². The highest BCUT2D eigenvalue weighted by Gasteiger charge is 2.14. The van der Waals surface area contributed by atoms with Gasteiger partial charge >= 0.3 is 6.09 Å². The molecular formula is C20H18N2O2. The van der Waals surface area contributed by atoms with Crippen LogP contribution in [0.3, 0.4) is 0 Å². The number of nitrogens with zero attached hydrogens (tertiary/aromatic N) is 2. The summed E-state index contributed by atoms with van der Waals surface area (Å²) < 4.78 is 5.52. The predicted octanol–water partition coefficient (Wildman–Crippen LogP) is 4.69. The second-order valence-electron chi connectivity index (χ2n) is 5.48. The molecule has 0 aliphatic carbocycles. The van der Waals surface area contributed by atoms with E-state index in [1.54, 1.807) is 13.2 Å². The first kappa shape index (κ1) is 15.7. The number of ether oxygens (including phenoxy) is 1. The van der Waals surface area contributed by atoms with Gasteiger partial charge in [0.15, 0.2) is 0 Å². The Kier molecular flexibility index (Phi) is 4.57. The third kappa shape index (κ3) is 3.43. The van der Waals surface area contributed by atoms with Crippen molar-refractivity contribution in [2.75, 3.05) is 11.9 Å². The van der Waals surface area contributed by atoms with Crippen molar-refractivity contribution in [3.8, 4) is 16.9 Å². The van der Waals surface area contributed by atoms with Crippen molar-refractivity contribution < 1.29 is 9.53 Å². The fourth-order valence-corrected chi connectivity index (χ4v) is 2.40. The minimum absolute atomic E-state index is 0.418. The average Bonchev–Trinajstić information content (AvgIpc) is 2.64. The summed E-state index contributed by atoms with van der Waals surface area (Å²) in [6, 6.07) is 19.0. The van der Waals surface area contributed by atoms with Gasteiger partial charge in [-0.25, -0.2) is 4.79 Å². The summed E-state index contributed by atoms with van der Waals surface area (Å²) in [5.74, 6) is 0.551. The van der Waals surface area contributed by atoms with Crippen LogP contribution in [0.4, 0.5) is 10.5 Å². The van der Waals surface area contributed by atoms with Gasteiger partial charge in [0.25, 0.3) is 0 Å². The van der Waals surface area contributed by atoms with Gasteiger partial charge in [0.05, 0.1) is 0 Å². The molecule has 0 spiro atoms. The summed E-state index contributed by atoms with van der Waals surface area (Å²) >= 11 is 0. The van der Waals surface area contributed by atoms with Crippen molar-refractivity contribution >= 4 is 11.8 Å². The monoisotopic (exact) mass is 318 g/mol. The van der Waals surface area contributed by atoms with Gasteiger partial charge in [-0.3, -0.25) is 9.88 Å². The Morgan fingerprint density at radius 3 is 2.46 bits per heavy atom. The zero-order valence-corrected chi connectivity index (χ0v) is 13.6. The van der Waals surface area contributed by atoms with Crippen molar-refractivity contribution in [2.24, 2.45) is 0 Å². The lowest BCUT2D eigenvalue weighted by Gasteiger charge is -2.17. The maximum Gasteiger partial charge on any atom is 0.419 e. The van der Waals surface area contributed by atoms with E-state index in [9.17, 15) is 4.79 Å². The van der Waals surface area contributed by atoms with Crippen LogP contribution < -0.4 is 9.64 Å². The number of hydrogen-bond acceptors (Lipinski definition) is 3. The highest BCUT2D eigenvalue weighted by Crippen LogP contribution is 2.26. The molecule has 1 amide bonds. The average molecular weight is 318 g/mol. The van der Waals surface area contributed by atoms with E-state index in [-0.39, 0.29) is 0 Å². The maximum atomic E-state index is 12.3. The lowest BCUT2D eigenvalue weighted by atomic mass is 10.0.